The zero-order valence-electron chi connectivity index (χ0n) is 12.3. The highest BCUT2D eigenvalue weighted by Gasteiger charge is 2.65. The van der Waals surface area contributed by atoms with E-state index in [9.17, 15) is 8.78 Å². The van der Waals surface area contributed by atoms with E-state index in [0.717, 1.165) is 5.69 Å². The lowest BCUT2D eigenvalue weighted by molar-refractivity contribution is 0.0873. The van der Waals surface area contributed by atoms with Crippen molar-refractivity contribution in [3.8, 4) is 5.75 Å². The third-order valence-corrected chi connectivity index (χ3v) is 4.17. The van der Waals surface area contributed by atoms with Crippen molar-refractivity contribution in [3.63, 3.8) is 0 Å². The van der Waals surface area contributed by atoms with Crippen LogP contribution in [0.4, 0.5) is 14.5 Å². The summed E-state index contributed by atoms with van der Waals surface area (Å²) in [6.07, 6.45) is 0. The average Bonchev–Trinajstić information content (AvgIpc) is 2.92. The van der Waals surface area contributed by atoms with Gasteiger partial charge in [-0.2, -0.15) is 5.21 Å². The van der Waals surface area contributed by atoms with Gasteiger partial charge in [-0.3, -0.25) is 0 Å². The van der Waals surface area contributed by atoms with Gasteiger partial charge in [0, 0.05) is 24.1 Å². The molecule has 0 spiro atoms. The largest absolute Gasteiger partial charge is 0.497 e. The maximum atomic E-state index is 13.6. The number of anilines is 1. The number of H-pyrrole nitrogens is 1. The number of halogens is 2. The third kappa shape index (κ3) is 2.72. The lowest BCUT2D eigenvalue weighted by atomic mass is 10.2. The fourth-order valence-electron chi connectivity index (χ4n) is 2.55. The lowest BCUT2D eigenvalue weighted by Crippen LogP contribution is -2.27. The predicted octanol–water partition coefficient (Wildman–Crippen LogP) is 2.12. The molecular formula is C14H17F2N5O. The summed E-state index contributed by atoms with van der Waals surface area (Å²) in [5.41, 5.74) is 0.820. The van der Waals surface area contributed by atoms with Crippen LogP contribution in [0.1, 0.15) is 12.7 Å². The number of alkyl halides is 2. The summed E-state index contributed by atoms with van der Waals surface area (Å²) in [4.78, 5) is 1.84. The molecule has 8 heteroatoms. The molecule has 1 aliphatic rings. The van der Waals surface area contributed by atoms with Gasteiger partial charge in [-0.1, -0.05) is 12.1 Å². The van der Waals surface area contributed by atoms with E-state index in [1.165, 1.54) is 0 Å². The number of benzene rings is 1. The third-order valence-electron chi connectivity index (χ3n) is 4.17. The minimum absolute atomic E-state index is 0.245. The standard InChI is InChI=1S/C14H17F2N5O/c1-9-12(14(9,15)16)7-21(8-13-17-19-20-18-13)10-3-5-11(22-2)6-4-10/h3-6,9,12H,7-8H2,1-2H3,(H,17,18,19,20)/t9-,12-/m1/s1. The number of hydrogen-bond donors (Lipinski definition) is 1. The van der Waals surface area contributed by atoms with E-state index in [1.807, 2.05) is 17.0 Å². The van der Waals surface area contributed by atoms with Crippen molar-refractivity contribution in [2.24, 2.45) is 11.8 Å². The Hall–Kier alpha value is -2.25. The first-order valence-electron chi connectivity index (χ1n) is 7.01. The maximum Gasteiger partial charge on any atom is 0.256 e. The summed E-state index contributed by atoms with van der Waals surface area (Å²) in [5.74, 6) is -2.66. The highest BCUT2D eigenvalue weighted by molar-refractivity contribution is 5.49. The molecule has 0 bridgehead atoms. The molecule has 0 amide bonds. The molecule has 1 saturated carbocycles. The van der Waals surface area contributed by atoms with Gasteiger partial charge in [0.05, 0.1) is 13.7 Å². The van der Waals surface area contributed by atoms with Crippen LogP contribution >= 0.6 is 0 Å². The molecule has 1 aliphatic carbocycles. The number of hydrogen-bond acceptors (Lipinski definition) is 5. The number of tetrazole rings is 1. The molecule has 1 fully saturated rings. The van der Waals surface area contributed by atoms with Gasteiger partial charge in [0.2, 0.25) is 0 Å². The molecule has 0 aliphatic heterocycles. The molecule has 118 valence electrons. The number of nitrogens with zero attached hydrogens (tertiary/aromatic N) is 4. The molecule has 0 radical (unpaired) electrons. The molecule has 1 N–H and O–H groups in total. The molecule has 22 heavy (non-hydrogen) atoms. The summed E-state index contributed by atoms with van der Waals surface area (Å²) < 4.78 is 32.3. The summed E-state index contributed by atoms with van der Waals surface area (Å²) in [6.45, 7) is 2.14. The summed E-state index contributed by atoms with van der Waals surface area (Å²) in [5, 5.41) is 13.7. The first-order chi connectivity index (χ1) is 10.5. The average molecular weight is 309 g/mol. The van der Waals surface area contributed by atoms with Gasteiger partial charge >= 0.3 is 0 Å². The second-order valence-corrected chi connectivity index (χ2v) is 5.48. The lowest BCUT2D eigenvalue weighted by Gasteiger charge is -2.23. The van der Waals surface area contributed by atoms with Crippen LogP contribution < -0.4 is 9.64 Å². The summed E-state index contributed by atoms with van der Waals surface area (Å²) in [7, 11) is 1.58. The van der Waals surface area contributed by atoms with Gasteiger partial charge in [0.1, 0.15) is 5.75 Å². The monoisotopic (exact) mass is 309 g/mol. The quantitative estimate of drug-likeness (QED) is 0.885. The number of nitrogens with one attached hydrogen (secondary N) is 1. The Labute approximate surface area is 126 Å². The number of aromatic nitrogens is 4. The molecule has 6 nitrogen and oxygen atoms in total. The smallest absolute Gasteiger partial charge is 0.256 e. The molecule has 2 atom stereocenters. The molecule has 2 aromatic rings. The highest BCUT2D eigenvalue weighted by Crippen LogP contribution is 2.55. The first-order valence-corrected chi connectivity index (χ1v) is 7.01. The van der Waals surface area contributed by atoms with Crippen molar-refractivity contribution in [2.75, 3.05) is 18.6 Å². The van der Waals surface area contributed by atoms with Gasteiger partial charge in [-0.15, -0.1) is 10.2 Å². The van der Waals surface area contributed by atoms with Crippen molar-refractivity contribution in [3.05, 3.63) is 30.1 Å². The number of methoxy groups -OCH3 is 1. The van der Waals surface area contributed by atoms with Crippen molar-refractivity contribution in [1.29, 1.82) is 0 Å². The SMILES string of the molecule is COc1ccc(N(Cc2nn[nH]n2)C[C@@H]2[C@@H](C)C2(F)F)cc1. The van der Waals surface area contributed by atoms with Crippen molar-refractivity contribution in [1.82, 2.24) is 20.6 Å². The van der Waals surface area contributed by atoms with E-state index < -0.39 is 17.8 Å². The van der Waals surface area contributed by atoms with Gasteiger partial charge < -0.3 is 9.64 Å². The van der Waals surface area contributed by atoms with Crippen LogP contribution in [0.2, 0.25) is 0 Å². The number of aromatic amines is 1. The van der Waals surface area contributed by atoms with E-state index in [4.69, 9.17) is 4.74 Å². The minimum atomic E-state index is -2.60. The Morgan fingerprint density at radius 2 is 2.00 bits per heavy atom. The molecule has 1 heterocycles. The Morgan fingerprint density at radius 1 is 1.32 bits per heavy atom. The van der Waals surface area contributed by atoms with Crippen molar-refractivity contribution < 1.29 is 13.5 Å². The predicted molar refractivity (Wildman–Crippen MR) is 75.8 cm³/mol. The summed E-state index contributed by atoms with van der Waals surface area (Å²) in [6, 6.07) is 7.27. The second kappa shape index (κ2) is 5.51. The highest BCUT2D eigenvalue weighted by atomic mass is 19.3. The molecule has 1 aromatic carbocycles. The second-order valence-electron chi connectivity index (χ2n) is 5.48. The van der Waals surface area contributed by atoms with E-state index in [1.54, 1.807) is 26.2 Å². The Balaban J connectivity index is 1.79. The number of rotatable bonds is 6. The molecule has 3 rings (SSSR count). The van der Waals surface area contributed by atoms with E-state index in [-0.39, 0.29) is 6.54 Å². The normalized spacial score (nSPS) is 22.4. The Kier molecular flexibility index (Phi) is 3.67. The van der Waals surface area contributed by atoms with Gasteiger partial charge in [0.25, 0.3) is 5.92 Å². The summed E-state index contributed by atoms with van der Waals surface area (Å²) >= 11 is 0. The topological polar surface area (TPSA) is 66.9 Å². The molecular weight excluding hydrogens is 292 g/mol. The van der Waals surface area contributed by atoms with Gasteiger partial charge in [-0.25, -0.2) is 8.78 Å². The zero-order chi connectivity index (χ0) is 15.7. The van der Waals surface area contributed by atoms with E-state index in [0.29, 0.717) is 18.1 Å². The van der Waals surface area contributed by atoms with E-state index >= 15 is 0 Å². The molecule has 0 saturated heterocycles. The zero-order valence-corrected chi connectivity index (χ0v) is 12.3. The Morgan fingerprint density at radius 3 is 2.50 bits per heavy atom. The first kappa shape index (κ1) is 14.7. The maximum absolute atomic E-state index is 13.6. The fourth-order valence-corrected chi connectivity index (χ4v) is 2.55. The van der Waals surface area contributed by atoms with Crippen LogP contribution in [0.15, 0.2) is 24.3 Å². The number of ether oxygens (including phenoxy) is 1. The van der Waals surface area contributed by atoms with Crippen LogP contribution in [0.3, 0.4) is 0 Å². The fraction of sp³-hybridized carbons (Fsp3) is 0.500. The van der Waals surface area contributed by atoms with Crippen LogP contribution in [0, 0.1) is 11.8 Å². The van der Waals surface area contributed by atoms with Crippen LogP contribution in [-0.2, 0) is 6.54 Å². The van der Waals surface area contributed by atoms with Gasteiger partial charge in [-0.05, 0) is 24.3 Å². The van der Waals surface area contributed by atoms with Crippen molar-refractivity contribution in [2.45, 2.75) is 19.4 Å². The minimum Gasteiger partial charge on any atom is -0.497 e. The van der Waals surface area contributed by atoms with Crippen LogP contribution in [0.5, 0.6) is 5.75 Å². The molecule has 0 unspecified atom stereocenters. The van der Waals surface area contributed by atoms with Crippen molar-refractivity contribution >= 4 is 5.69 Å². The molecule has 1 aromatic heterocycles. The van der Waals surface area contributed by atoms with Gasteiger partial charge in [0.15, 0.2) is 5.82 Å². The van der Waals surface area contributed by atoms with Crippen LogP contribution in [0.25, 0.3) is 0 Å². The van der Waals surface area contributed by atoms with E-state index in [2.05, 4.69) is 20.6 Å². The van der Waals surface area contributed by atoms with Crippen LogP contribution in [-0.4, -0.2) is 40.2 Å². The Bertz CT molecular complexity index is 617.